The Morgan fingerprint density at radius 1 is 1.33 bits per heavy atom. The molecule has 1 aliphatic rings. The lowest BCUT2D eigenvalue weighted by molar-refractivity contribution is 0.120. The van der Waals surface area contributed by atoms with Gasteiger partial charge in [0.15, 0.2) is 0 Å². The van der Waals surface area contributed by atoms with E-state index in [0.29, 0.717) is 38.0 Å². The lowest BCUT2D eigenvalue weighted by Gasteiger charge is -2.26. The molecule has 1 aromatic heterocycles. The van der Waals surface area contributed by atoms with E-state index in [1.54, 1.807) is 18.3 Å². The van der Waals surface area contributed by atoms with Crippen LogP contribution in [0.4, 0.5) is 5.82 Å². The van der Waals surface area contributed by atoms with Gasteiger partial charge in [-0.3, -0.25) is 0 Å². The van der Waals surface area contributed by atoms with Gasteiger partial charge in [-0.1, -0.05) is 6.92 Å². The minimum atomic E-state index is -3.60. The Kier molecular flexibility index (Phi) is 5.55. The van der Waals surface area contributed by atoms with Gasteiger partial charge < -0.3 is 10.4 Å². The number of sulfonamides is 1. The molecule has 3 N–H and O–H groups in total. The van der Waals surface area contributed by atoms with Gasteiger partial charge in [-0.15, -0.1) is 0 Å². The van der Waals surface area contributed by atoms with Crippen LogP contribution in [0.1, 0.15) is 39.0 Å². The van der Waals surface area contributed by atoms with Crippen LogP contribution in [-0.2, 0) is 10.0 Å². The van der Waals surface area contributed by atoms with E-state index in [1.807, 2.05) is 6.92 Å². The van der Waals surface area contributed by atoms with Crippen LogP contribution in [0, 0.1) is 0 Å². The molecule has 21 heavy (non-hydrogen) atoms. The van der Waals surface area contributed by atoms with Crippen LogP contribution in [0.5, 0.6) is 0 Å². The lowest BCUT2D eigenvalue weighted by atomic mass is 9.94. The topological polar surface area (TPSA) is 91.3 Å². The SMILES string of the molecule is CCCNc1ncccc1S(=O)(=O)NC1CCC(O)CC1. The number of hydrogen-bond donors (Lipinski definition) is 3. The molecule has 0 saturated heterocycles. The van der Waals surface area contributed by atoms with Crippen LogP contribution >= 0.6 is 0 Å². The zero-order valence-corrected chi connectivity index (χ0v) is 13.1. The second kappa shape index (κ2) is 7.20. The fraction of sp³-hybridized carbons (Fsp3) is 0.643. The molecule has 6 nitrogen and oxygen atoms in total. The molecule has 0 atom stereocenters. The van der Waals surface area contributed by atoms with Crippen molar-refractivity contribution >= 4 is 15.8 Å². The minimum absolute atomic E-state index is 0.113. The molecular weight excluding hydrogens is 290 g/mol. The molecule has 0 aliphatic heterocycles. The van der Waals surface area contributed by atoms with Crippen LogP contribution in [-0.4, -0.2) is 37.2 Å². The summed E-state index contributed by atoms with van der Waals surface area (Å²) >= 11 is 0. The molecule has 1 aliphatic carbocycles. The fourth-order valence-corrected chi connectivity index (χ4v) is 3.90. The highest BCUT2D eigenvalue weighted by molar-refractivity contribution is 7.89. The number of aromatic nitrogens is 1. The van der Waals surface area contributed by atoms with E-state index < -0.39 is 10.0 Å². The van der Waals surface area contributed by atoms with E-state index >= 15 is 0 Å². The second-order valence-electron chi connectivity index (χ2n) is 5.40. The number of anilines is 1. The Morgan fingerprint density at radius 3 is 2.71 bits per heavy atom. The molecule has 0 radical (unpaired) electrons. The quantitative estimate of drug-likeness (QED) is 0.740. The number of rotatable bonds is 6. The van der Waals surface area contributed by atoms with Gasteiger partial charge in [0.25, 0.3) is 0 Å². The van der Waals surface area contributed by atoms with Crippen LogP contribution in [0.2, 0.25) is 0 Å². The number of hydrogen-bond acceptors (Lipinski definition) is 5. The first-order valence-corrected chi connectivity index (χ1v) is 8.90. The number of nitrogens with one attached hydrogen (secondary N) is 2. The molecule has 1 saturated carbocycles. The maximum atomic E-state index is 12.5. The van der Waals surface area contributed by atoms with Crippen molar-refractivity contribution in [1.82, 2.24) is 9.71 Å². The molecular formula is C14H23N3O3S. The minimum Gasteiger partial charge on any atom is -0.393 e. The summed E-state index contributed by atoms with van der Waals surface area (Å²) < 4.78 is 27.8. The van der Waals surface area contributed by atoms with E-state index in [4.69, 9.17) is 0 Å². The van der Waals surface area contributed by atoms with Crippen LogP contribution in [0.25, 0.3) is 0 Å². The maximum Gasteiger partial charge on any atom is 0.244 e. The second-order valence-corrected chi connectivity index (χ2v) is 7.09. The van der Waals surface area contributed by atoms with Crippen LogP contribution in [0.3, 0.4) is 0 Å². The van der Waals surface area contributed by atoms with Crippen molar-refractivity contribution in [1.29, 1.82) is 0 Å². The molecule has 1 heterocycles. The number of aliphatic hydroxyl groups is 1. The first-order chi connectivity index (χ1) is 10.0. The first-order valence-electron chi connectivity index (χ1n) is 7.42. The van der Waals surface area contributed by atoms with Crippen molar-refractivity contribution in [3.63, 3.8) is 0 Å². The predicted octanol–water partition coefficient (Wildman–Crippen LogP) is 1.49. The van der Waals surface area contributed by atoms with E-state index in [1.165, 1.54) is 0 Å². The number of pyridine rings is 1. The largest absolute Gasteiger partial charge is 0.393 e. The summed E-state index contributed by atoms with van der Waals surface area (Å²) in [7, 11) is -3.60. The van der Waals surface area contributed by atoms with E-state index in [2.05, 4.69) is 15.0 Å². The highest BCUT2D eigenvalue weighted by Gasteiger charge is 2.26. The summed E-state index contributed by atoms with van der Waals surface area (Å²) in [4.78, 5) is 4.30. The Hall–Kier alpha value is -1.18. The Labute approximate surface area is 126 Å². The third-order valence-corrected chi connectivity index (χ3v) is 5.17. The zero-order valence-electron chi connectivity index (χ0n) is 12.2. The molecule has 118 valence electrons. The zero-order chi connectivity index (χ0) is 15.3. The van der Waals surface area contributed by atoms with Crippen molar-refractivity contribution in [3.8, 4) is 0 Å². The van der Waals surface area contributed by atoms with E-state index in [9.17, 15) is 13.5 Å². The van der Waals surface area contributed by atoms with E-state index in [0.717, 1.165) is 6.42 Å². The van der Waals surface area contributed by atoms with Gasteiger partial charge in [-0.2, -0.15) is 0 Å². The molecule has 0 aromatic carbocycles. The van der Waals surface area contributed by atoms with Gasteiger partial charge in [0, 0.05) is 18.8 Å². The summed E-state index contributed by atoms with van der Waals surface area (Å²) in [6.45, 7) is 2.69. The fourth-order valence-electron chi connectivity index (χ4n) is 2.46. The van der Waals surface area contributed by atoms with Gasteiger partial charge >= 0.3 is 0 Å². The van der Waals surface area contributed by atoms with E-state index in [-0.39, 0.29) is 17.0 Å². The van der Waals surface area contributed by atoms with Crippen molar-refractivity contribution < 1.29 is 13.5 Å². The third-order valence-electron chi connectivity index (χ3n) is 3.62. The molecule has 1 aromatic rings. The van der Waals surface area contributed by atoms with Gasteiger partial charge in [0.1, 0.15) is 10.7 Å². The molecule has 0 unspecified atom stereocenters. The summed E-state index contributed by atoms with van der Waals surface area (Å²) in [5.74, 6) is 0.391. The van der Waals surface area contributed by atoms with Crippen LogP contribution in [0.15, 0.2) is 23.2 Å². The Balaban J connectivity index is 2.12. The predicted molar refractivity (Wildman–Crippen MR) is 81.6 cm³/mol. The number of nitrogens with zero attached hydrogens (tertiary/aromatic N) is 1. The Bertz CT molecular complexity index is 554. The molecule has 0 bridgehead atoms. The molecule has 0 amide bonds. The van der Waals surface area contributed by atoms with Crippen LogP contribution < -0.4 is 10.0 Å². The smallest absolute Gasteiger partial charge is 0.244 e. The van der Waals surface area contributed by atoms with Crippen molar-refractivity contribution in [3.05, 3.63) is 18.3 Å². The Morgan fingerprint density at radius 2 is 2.05 bits per heavy atom. The van der Waals surface area contributed by atoms with Gasteiger partial charge in [0.05, 0.1) is 6.10 Å². The van der Waals surface area contributed by atoms with Crippen molar-refractivity contribution in [2.45, 2.75) is 56.1 Å². The normalized spacial score (nSPS) is 23.0. The van der Waals surface area contributed by atoms with Crippen molar-refractivity contribution in [2.75, 3.05) is 11.9 Å². The summed E-state index contributed by atoms with van der Waals surface area (Å²) in [5.41, 5.74) is 0. The molecule has 2 rings (SSSR count). The standard InChI is InChI=1S/C14H23N3O3S/c1-2-9-15-14-13(4-3-10-16-14)21(19,20)17-11-5-7-12(18)8-6-11/h3-4,10-12,17-18H,2,5-9H2,1H3,(H,15,16). The first kappa shape index (κ1) is 16.2. The summed E-state index contributed by atoms with van der Waals surface area (Å²) in [6.07, 6.45) is 4.78. The third kappa shape index (κ3) is 4.39. The summed E-state index contributed by atoms with van der Waals surface area (Å²) in [6, 6.07) is 3.07. The highest BCUT2D eigenvalue weighted by atomic mass is 32.2. The average Bonchev–Trinajstić information content (AvgIpc) is 2.47. The average molecular weight is 313 g/mol. The molecule has 1 fully saturated rings. The maximum absolute atomic E-state index is 12.5. The highest BCUT2D eigenvalue weighted by Crippen LogP contribution is 2.23. The van der Waals surface area contributed by atoms with Gasteiger partial charge in [0.2, 0.25) is 10.0 Å². The number of aliphatic hydroxyl groups excluding tert-OH is 1. The van der Waals surface area contributed by atoms with Gasteiger partial charge in [-0.25, -0.2) is 18.1 Å². The molecule has 7 heteroatoms. The summed E-state index contributed by atoms with van der Waals surface area (Å²) in [5, 5.41) is 12.5. The van der Waals surface area contributed by atoms with Gasteiger partial charge in [-0.05, 0) is 44.2 Å². The molecule has 0 spiro atoms. The van der Waals surface area contributed by atoms with Crippen molar-refractivity contribution in [2.24, 2.45) is 0 Å². The monoisotopic (exact) mass is 313 g/mol. The lowest BCUT2D eigenvalue weighted by Crippen LogP contribution is -2.38.